The highest BCUT2D eigenvalue weighted by molar-refractivity contribution is 7.13. The van der Waals surface area contributed by atoms with Gasteiger partial charge in [0.15, 0.2) is 11.7 Å². The van der Waals surface area contributed by atoms with E-state index in [1.54, 1.807) is 16.5 Å². The number of carbonyl (C=O) groups is 1. The van der Waals surface area contributed by atoms with E-state index in [0.717, 1.165) is 12.8 Å². The molecule has 12 heteroatoms. The SMILES string of the molecule is CC(C)(C)OC(=O)N1C2CCC1CN(c1nc3cc(C(O)C(F)(F)F)cc(-c4nccs4)c3o1)C2. The number of hydrogen-bond acceptors (Lipinski definition) is 8. The molecule has 0 aliphatic carbocycles. The standard InChI is InChI=1S/C23H25F3N4O4S/c1-22(2,3)34-21(32)30-13-4-5-14(30)11-29(10-13)20-28-16-9-12(18(31)23(24,25)26)8-15(17(16)33-20)19-27-6-7-35-19/h6-9,13-14,18,31H,4-5,10-11H2,1-3H3. The number of aliphatic hydroxyl groups excluding tert-OH is 1. The van der Waals surface area contributed by atoms with Gasteiger partial charge >= 0.3 is 12.3 Å². The van der Waals surface area contributed by atoms with E-state index in [1.807, 2.05) is 25.7 Å². The van der Waals surface area contributed by atoms with Crippen LogP contribution in [0.5, 0.6) is 0 Å². The highest BCUT2D eigenvalue weighted by Gasteiger charge is 2.45. The number of nitrogens with zero attached hydrogens (tertiary/aromatic N) is 4. The summed E-state index contributed by atoms with van der Waals surface area (Å²) in [6, 6.07) is 2.54. The molecule has 0 saturated carbocycles. The summed E-state index contributed by atoms with van der Waals surface area (Å²) in [6.07, 6.45) is -4.65. The molecule has 2 aliphatic heterocycles. The first kappa shape index (κ1) is 23.9. The van der Waals surface area contributed by atoms with Crippen LogP contribution in [0.1, 0.15) is 45.3 Å². The van der Waals surface area contributed by atoms with E-state index in [-0.39, 0.29) is 35.3 Å². The van der Waals surface area contributed by atoms with Crippen molar-refractivity contribution in [3.63, 3.8) is 0 Å². The van der Waals surface area contributed by atoms with Crippen LogP contribution < -0.4 is 4.90 Å². The van der Waals surface area contributed by atoms with E-state index < -0.39 is 17.9 Å². The van der Waals surface area contributed by atoms with Crippen molar-refractivity contribution in [1.82, 2.24) is 14.9 Å². The number of benzene rings is 1. The van der Waals surface area contributed by atoms with Crippen LogP contribution in [0.3, 0.4) is 0 Å². The largest absolute Gasteiger partial charge is 0.444 e. The van der Waals surface area contributed by atoms with Crippen LogP contribution in [0.25, 0.3) is 21.7 Å². The number of rotatable bonds is 3. The van der Waals surface area contributed by atoms with Gasteiger partial charge in [-0.2, -0.15) is 18.2 Å². The summed E-state index contributed by atoms with van der Waals surface area (Å²) in [4.78, 5) is 25.1. The second-order valence-corrected chi connectivity index (χ2v) is 10.8. The lowest BCUT2D eigenvalue weighted by Crippen LogP contribution is -2.56. The van der Waals surface area contributed by atoms with Crippen molar-refractivity contribution in [2.45, 2.75) is 63.6 Å². The first-order valence-electron chi connectivity index (χ1n) is 11.3. The number of thiazole rings is 1. The zero-order valence-corrected chi connectivity index (χ0v) is 20.2. The molecule has 0 spiro atoms. The van der Waals surface area contributed by atoms with Crippen molar-refractivity contribution in [1.29, 1.82) is 0 Å². The number of ether oxygens (including phenoxy) is 1. The number of oxazole rings is 1. The van der Waals surface area contributed by atoms with Gasteiger partial charge < -0.3 is 19.2 Å². The molecular weight excluding hydrogens is 485 g/mol. The van der Waals surface area contributed by atoms with Crippen LogP contribution in [0.2, 0.25) is 0 Å². The summed E-state index contributed by atoms with van der Waals surface area (Å²) in [5.41, 5.74) is -0.0866. The molecule has 4 heterocycles. The number of amides is 1. The number of aliphatic hydroxyl groups is 1. The van der Waals surface area contributed by atoms with Gasteiger partial charge in [0.1, 0.15) is 16.1 Å². The lowest BCUT2D eigenvalue weighted by Gasteiger charge is -2.40. The van der Waals surface area contributed by atoms with Crippen LogP contribution >= 0.6 is 11.3 Å². The van der Waals surface area contributed by atoms with Gasteiger partial charge in [0.25, 0.3) is 6.01 Å². The highest BCUT2D eigenvalue weighted by atomic mass is 32.1. The van der Waals surface area contributed by atoms with Gasteiger partial charge in [-0.15, -0.1) is 11.3 Å². The Morgan fingerprint density at radius 2 is 1.91 bits per heavy atom. The maximum Gasteiger partial charge on any atom is 0.418 e. The molecular formula is C23H25F3N4O4S. The molecule has 5 rings (SSSR count). The Bertz CT molecular complexity index is 1220. The fourth-order valence-corrected chi connectivity index (χ4v) is 5.36. The van der Waals surface area contributed by atoms with E-state index in [1.165, 1.54) is 23.5 Å². The molecule has 1 amide bonds. The lowest BCUT2D eigenvalue weighted by atomic mass is 10.0. The van der Waals surface area contributed by atoms with Crippen LogP contribution in [0.4, 0.5) is 24.0 Å². The smallest absolute Gasteiger partial charge is 0.418 e. The van der Waals surface area contributed by atoms with Crippen molar-refractivity contribution in [2.75, 3.05) is 18.0 Å². The minimum atomic E-state index is -4.82. The van der Waals surface area contributed by atoms with Gasteiger partial charge in [0.2, 0.25) is 0 Å². The number of piperazine rings is 1. The zero-order valence-electron chi connectivity index (χ0n) is 19.4. The molecule has 188 valence electrons. The van der Waals surface area contributed by atoms with E-state index in [4.69, 9.17) is 9.15 Å². The Balaban J connectivity index is 1.48. The third-order valence-corrected chi connectivity index (χ3v) is 6.95. The summed E-state index contributed by atoms with van der Waals surface area (Å²) < 4.78 is 51.4. The number of fused-ring (bicyclic) bond motifs is 3. The van der Waals surface area contributed by atoms with E-state index in [9.17, 15) is 23.1 Å². The van der Waals surface area contributed by atoms with Gasteiger partial charge in [-0.25, -0.2) is 9.78 Å². The Kier molecular flexibility index (Phi) is 5.71. The molecule has 1 aromatic carbocycles. The van der Waals surface area contributed by atoms with Gasteiger partial charge in [0.05, 0.1) is 17.6 Å². The summed E-state index contributed by atoms with van der Waals surface area (Å²) in [5, 5.41) is 12.0. The molecule has 2 bridgehead atoms. The zero-order chi connectivity index (χ0) is 25.1. The molecule has 3 aromatic rings. The molecule has 8 nitrogen and oxygen atoms in total. The van der Waals surface area contributed by atoms with E-state index >= 15 is 0 Å². The number of anilines is 1. The second-order valence-electron chi connectivity index (χ2n) is 9.87. The second kappa shape index (κ2) is 8.37. The first-order chi connectivity index (χ1) is 16.4. The average Bonchev–Trinajstić information content (AvgIpc) is 3.48. The van der Waals surface area contributed by atoms with Crippen LogP contribution in [0, 0.1) is 0 Å². The Morgan fingerprint density at radius 1 is 1.23 bits per heavy atom. The maximum absolute atomic E-state index is 13.2. The van der Waals surface area contributed by atoms with Crippen molar-refractivity contribution >= 4 is 34.5 Å². The lowest BCUT2D eigenvalue weighted by molar-refractivity contribution is -0.206. The summed E-state index contributed by atoms with van der Waals surface area (Å²) in [7, 11) is 0. The summed E-state index contributed by atoms with van der Waals surface area (Å²) in [5.74, 6) is 0. The fraction of sp³-hybridized carbons (Fsp3) is 0.522. The molecule has 3 atom stereocenters. The number of alkyl halides is 3. The minimum absolute atomic E-state index is 0.0837. The summed E-state index contributed by atoms with van der Waals surface area (Å²) >= 11 is 1.25. The quantitative estimate of drug-likeness (QED) is 0.522. The van der Waals surface area contributed by atoms with Gasteiger partial charge in [-0.05, 0) is 51.3 Å². The van der Waals surface area contributed by atoms with Gasteiger partial charge in [0, 0.05) is 24.7 Å². The maximum atomic E-state index is 13.2. The molecule has 2 saturated heterocycles. The predicted octanol–water partition coefficient (Wildman–Crippen LogP) is 5.14. The van der Waals surface area contributed by atoms with Crippen molar-refractivity contribution < 1.29 is 32.2 Å². The third kappa shape index (κ3) is 4.56. The molecule has 2 aliphatic rings. The van der Waals surface area contributed by atoms with Gasteiger partial charge in [-0.3, -0.25) is 4.90 Å². The Hall–Kier alpha value is -2.86. The molecule has 3 unspecified atom stereocenters. The topological polar surface area (TPSA) is 91.9 Å². The number of halogens is 3. The number of aromatic nitrogens is 2. The van der Waals surface area contributed by atoms with Crippen molar-refractivity contribution in [2.24, 2.45) is 0 Å². The van der Waals surface area contributed by atoms with Gasteiger partial charge in [-0.1, -0.05) is 0 Å². The Morgan fingerprint density at radius 3 is 2.49 bits per heavy atom. The molecule has 35 heavy (non-hydrogen) atoms. The predicted molar refractivity (Wildman–Crippen MR) is 123 cm³/mol. The molecule has 2 fully saturated rings. The van der Waals surface area contributed by atoms with Crippen molar-refractivity contribution in [3.05, 3.63) is 29.3 Å². The average molecular weight is 511 g/mol. The molecule has 0 radical (unpaired) electrons. The monoisotopic (exact) mass is 510 g/mol. The minimum Gasteiger partial charge on any atom is -0.444 e. The third-order valence-electron chi connectivity index (χ3n) is 6.15. The Labute approximate surface area is 203 Å². The van der Waals surface area contributed by atoms with Crippen LogP contribution in [0.15, 0.2) is 28.1 Å². The van der Waals surface area contributed by atoms with Crippen LogP contribution in [-0.2, 0) is 4.74 Å². The van der Waals surface area contributed by atoms with Crippen molar-refractivity contribution in [3.8, 4) is 10.6 Å². The molecule has 1 N–H and O–H groups in total. The van der Waals surface area contributed by atoms with Crippen LogP contribution in [-0.4, -0.2) is 63.0 Å². The number of carbonyl (C=O) groups excluding carboxylic acids is 1. The van der Waals surface area contributed by atoms with E-state index in [2.05, 4.69) is 9.97 Å². The summed E-state index contributed by atoms with van der Waals surface area (Å²) in [6.45, 7) is 6.41. The molecule has 2 aromatic heterocycles. The first-order valence-corrected chi connectivity index (χ1v) is 12.1. The van der Waals surface area contributed by atoms with E-state index in [0.29, 0.717) is 29.2 Å². The normalized spacial score (nSPS) is 21.6. The number of hydrogen-bond donors (Lipinski definition) is 1. The fourth-order valence-electron chi connectivity index (χ4n) is 4.71. The highest BCUT2D eigenvalue weighted by Crippen LogP contribution is 2.41.